The summed E-state index contributed by atoms with van der Waals surface area (Å²) in [4.78, 5) is 36.6. The van der Waals surface area contributed by atoms with Crippen molar-refractivity contribution in [1.82, 2.24) is 10.2 Å². The minimum atomic E-state index is -0.908. The highest BCUT2D eigenvalue weighted by molar-refractivity contribution is 6.05. The lowest BCUT2D eigenvalue weighted by Gasteiger charge is -2.29. The highest BCUT2D eigenvalue weighted by Gasteiger charge is 2.41. The van der Waals surface area contributed by atoms with Crippen molar-refractivity contribution >= 4 is 17.7 Å². The van der Waals surface area contributed by atoms with Gasteiger partial charge in [0.2, 0.25) is 11.8 Å². The Hall–Kier alpha value is -2.75. The predicted octanol–water partition coefficient (Wildman–Crippen LogP) is 2.12. The van der Waals surface area contributed by atoms with E-state index < -0.39 is 35.4 Å². The van der Waals surface area contributed by atoms with Crippen molar-refractivity contribution in [3.05, 3.63) is 34.4 Å². The van der Waals surface area contributed by atoms with Gasteiger partial charge in [0.15, 0.2) is 0 Å². The third-order valence-corrected chi connectivity index (χ3v) is 3.98. The molecule has 2 aliphatic rings. The highest BCUT2D eigenvalue weighted by Crippen LogP contribution is 2.31. The Morgan fingerprint density at radius 3 is 2.52 bits per heavy atom. The molecular weight excluding hydrogens is 330 g/mol. The van der Waals surface area contributed by atoms with Crippen molar-refractivity contribution in [2.45, 2.75) is 46.2 Å². The van der Waals surface area contributed by atoms with Crippen LogP contribution in [-0.4, -0.2) is 28.7 Å². The highest BCUT2D eigenvalue weighted by atomic mass is 19.1. The SMILES string of the molecule is CC.CC#Cc1c(F)cc2c(c1F)CN(C1CCC(=O)NC1=O)C2=O. The van der Waals surface area contributed by atoms with Gasteiger partial charge in [-0.25, -0.2) is 8.78 Å². The number of piperidine rings is 1. The van der Waals surface area contributed by atoms with E-state index in [0.29, 0.717) is 0 Å². The maximum atomic E-state index is 14.4. The molecule has 1 unspecified atom stereocenters. The van der Waals surface area contributed by atoms with Crippen molar-refractivity contribution < 1.29 is 23.2 Å². The minimum absolute atomic E-state index is 0.0267. The maximum Gasteiger partial charge on any atom is 0.255 e. The van der Waals surface area contributed by atoms with Crippen LogP contribution < -0.4 is 5.32 Å². The number of carbonyl (C=O) groups is 3. The Labute approximate surface area is 144 Å². The van der Waals surface area contributed by atoms with E-state index in [9.17, 15) is 23.2 Å². The van der Waals surface area contributed by atoms with Gasteiger partial charge in [-0.2, -0.15) is 0 Å². The average molecular weight is 348 g/mol. The van der Waals surface area contributed by atoms with Crippen LogP contribution in [0.5, 0.6) is 0 Å². The van der Waals surface area contributed by atoms with Gasteiger partial charge in [0.25, 0.3) is 5.91 Å². The Kier molecular flexibility index (Phi) is 5.52. The quantitative estimate of drug-likeness (QED) is 0.624. The first kappa shape index (κ1) is 18.6. The van der Waals surface area contributed by atoms with Crippen molar-refractivity contribution in [3.63, 3.8) is 0 Å². The molecule has 1 fully saturated rings. The third-order valence-electron chi connectivity index (χ3n) is 3.98. The number of fused-ring (bicyclic) bond motifs is 1. The Morgan fingerprint density at radius 1 is 1.24 bits per heavy atom. The molecule has 0 aliphatic carbocycles. The number of hydrogen-bond acceptors (Lipinski definition) is 3. The Morgan fingerprint density at radius 2 is 1.92 bits per heavy atom. The van der Waals surface area contributed by atoms with Gasteiger partial charge in [-0.1, -0.05) is 19.8 Å². The van der Waals surface area contributed by atoms with E-state index in [0.717, 1.165) is 11.0 Å². The van der Waals surface area contributed by atoms with Crippen molar-refractivity contribution in [1.29, 1.82) is 0 Å². The lowest BCUT2D eigenvalue weighted by Crippen LogP contribution is -2.52. The molecule has 2 heterocycles. The number of rotatable bonds is 1. The van der Waals surface area contributed by atoms with Crippen LogP contribution in [0.3, 0.4) is 0 Å². The molecule has 0 radical (unpaired) electrons. The molecule has 3 amide bonds. The number of benzene rings is 1. The Balaban J connectivity index is 0.00000109. The summed E-state index contributed by atoms with van der Waals surface area (Å²) in [5, 5.41) is 2.15. The van der Waals surface area contributed by atoms with Crippen molar-refractivity contribution in [2.24, 2.45) is 0 Å². The van der Waals surface area contributed by atoms with Gasteiger partial charge in [-0.3, -0.25) is 19.7 Å². The molecule has 25 heavy (non-hydrogen) atoms. The standard InChI is InChI=1S/C16H12F2N2O3.C2H6/c1-2-3-8-11(17)6-9-10(14(8)18)7-20(16(9)23)12-4-5-13(21)19-15(12)22;1-2/h6,12H,4-5,7H2,1H3,(H,19,21,22);1-2H3. The zero-order valence-electron chi connectivity index (χ0n) is 14.2. The summed E-state index contributed by atoms with van der Waals surface area (Å²) < 4.78 is 28.3. The molecule has 0 bridgehead atoms. The molecular formula is C18H18F2N2O3. The molecule has 0 spiro atoms. The maximum absolute atomic E-state index is 14.4. The summed E-state index contributed by atoms with van der Waals surface area (Å²) in [5.41, 5.74) is -0.464. The third kappa shape index (κ3) is 3.25. The number of carbonyl (C=O) groups excluding carboxylic acids is 3. The van der Waals surface area contributed by atoms with Gasteiger partial charge in [-0.05, 0) is 19.4 Å². The monoisotopic (exact) mass is 348 g/mol. The second kappa shape index (κ2) is 7.43. The minimum Gasteiger partial charge on any atom is -0.322 e. The molecule has 1 N–H and O–H groups in total. The van der Waals surface area contributed by atoms with Crippen LogP contribution in [0.2, 0.25) is 0 Å². The van der Waals surface area contributed by atoms with E-state index in [1.165, 1.54) is 6.92 Å². The van der Waals surface area contributed by atoms with Crippen molar-refractivity contribution in [2.75, 3.05) is 0 Å². The summed E-state index contributed by atoms with van der Waals surface area (Å²) in [6.07, 6.45) is 0.260. The van der Waals surface area contributed by atoms with Crippen LogP contribution in [0.4, 0.5) is 8.78 Å². The van der Waals surface area contributed by atoms with E-state index in [1.54, 1.807) is 0 Å². The first-order valence-corrected chi connectivity index (χ1v) is 8.02. The second-order valence-electron chi connectivity index (χ2n) is 5.35. The van der Waals surface area contributed by atoms with Crippen LogP contribution in [0.15, 0.2) is 6.07 Å². The largest absolute Gasteiger partial charge is 0.322 e. The first-order valence-electron chi connectivity index (χ1n) is 8.02. The molecule has 7 heteroatoms. The van der Waals surface area contributed by atoms with Gasteiger partial charge in [0.05, 0.1) is 17.7 Å². The molecule has 3 rings (SSSR count). The second-order valence-corrected chi connectivity index (χ2v) is 5.35. The fourth-order valence-electron chi connectivity index (χ4n) is 2.87. The lowest BCUT2D eigenvalue weighted by molar-refractivity contribution is -0.136. The Bertz CT molecular complexity index is 809. The number of imide groups is 1. The zero-order chi connectivity index (χ0) is 18.7. The molecule has 1 atom stereocenters. The van der Waals surface area contributed by atoms with E-state index in [-0.39, 0.29) is 36.1 Å². The lowest BCUT2D eigenvalue weighted by atomic mass is 10.0. The van der Waals surface area contributed by atoms with Gasteiger partial charge >= 0.3 is 0 Å². The summed E-state index contributed by atoms with van der Waals surface area (Å²) in [5.74, 6) is 1.35. The zero-order valence-corrected chi connectivity index (χ0v) is 14.2. The van der Waals surface area contributed by atoms with Crippen LogP contribution in [-0.2, 0) is 16.1 Å². The van der Waals surface area contributed by atoms with Gasteiger partial charge in [0.1, 0.15) is 17.7 Å². The van der Waals surface area contributed by atoms with Crippen LogP contribution in [0.25, 0.3) is 0 Å². The van der Waals surface area contributed by atoms with E-state index in [4.69, 9.17) is 0 Å². The molecule has 5 nitrogen and oxygen atoms in total. The summed E-state index contributed by atoms with van der Waals surface area (Å²) in [6, 6.07) is 0.0857. The van der Waals surface area contributed by atoms with Gasteiger partial charge < -0.3 is 4.90 Å². The van der Waals surface area contributed by atoms with Crippen molar-refractivity contribution in [3.8, 4) is 11.8 Å². The number of amides is 3. The normalized spacial score (nSPS) is 18.7. The summed E-state index contributed by atoms with van der Waals surface area (Å²) >= 11 is 0. The molecule has 2 aliphatic heterocycles. The van der Waals surface area contributed by atoms with Crippen LogP contribution in [0.1, 0.15) is 55.1 Å². The van der Waals surface area contributed by atoms with Crippen LogP contribution >= 0.6 is 0 Å². The number of nitrogens with zero attached hydrogens (tertiary/aromatic N) is 1. The predicted molar refractivity (Wildman–Crippen MR) is 86.3 cm³/mol. The summed E-state index contributed by atoms with van der Waals surface area (Å²) in [7, 11) is 0. The topological polar surface area (TPSA) is 66.5 Å². The van der Waals surface area contributed by atoms with E-state index in [1.807, 2.05) is 13.8 Å². The van der Waals surface area contributed by atoms with E-state index in [2.05, 4.69) is 17.2 Å². The smallest absolute Gasteiger partial charge is 0.255 e. The fourth-order valence-corrected chi connectivity index (χ4v) is 2.87. The molecule has 1 saturated heterocycles. The molecule has 1 aromatic carbocycles. The summed E-state index contributed by atoms with van der Waals surface area (Å²) in [6.45, 7) is 5.30. The molecule has 1 aromatic rings. The fraction of sp³-hybridized carbons (Fsp3) is 0.389. The van der Waals surface area contributed by atoms with Gasteiger partial charge in [-0.15, -0.1) is 5.92 Å². The number of nitrogens with one attached hydrogen (secondary N) is 1. The first-order chi connectivity index (χ1) is 11.9. The molecule has 0 saturated carbocycles. The van der Waals surface area contributed by atoms with Crippen LogP contribution in [0, 0.1) is 23.5 Å². The number of halogens is 2. The molecule has 0 aromatic heterocycles. The number of hydrogen-bond donors (Lipinski definition) is 1. The van der Waals surface area contributed by atoms with E-state index >= 15 is 0 Å². The molecule has 132 valence electrons. The van der Waals surface area contributed by atoms with Gasteiger partial charge in [0, 0.05) is 12.0 Å². The average Bonchev–Trinajstić information content (AvgIpc) is 2.91.